The zero-order valence-corrected chi connectivity index (χ0v) is 11.7. The normalized spacial score (nSPS) is 10.7. The molecule has 0 saturated heterocycles. The van der Waals surface area contributed by atoms with Gasteiger partial charge in [-0.05, 0) is 44.3 Å². The third kappa shape index (κ3) is 1.99. The molecule has 0 aliphatic heterocycles. The minimum Gasteiger partial charge on any atom is -0.460 e. The Morgan fingerprint density at radius 1 is 1.38 bits per heavy atom. The summed E-state index contributed by atoms with van der Waals surface area (Å²) in [5.74, 6) is 1.51. The molecule has 0 aromatic carbocycles. The van der Waals surface area contributed by atoms with Crippen LogP contribution in [0.3, 0.4) is 0 Å². The van der Waals surface area contributed by atoms with Crippen LogP contribution in [0.25, 0.3) is 11.6 Å². The molecule has 0 aliphatic carbocycles. The van der Waals surface area contributed by atoms with Gasteiger partial charge >= 0.3 is 0 Å². The first kappa shape index (κ1) is 11.6. The van der Waals surface area contributed by atoms with Gasteiger partial charge in [0.25, 0.3) is 0 Å². The van der Waals surface area contributed by atoms with Gasteiger partial charge in [-0.25, -0.2) is 9.97 Å². The van der Waals surface area contributed by atoms with E-state index in [1.807, 2.05) is 6.92 Å². The number of hydrogen-bond acceptors (Lipinski definition) is 4. The summed E-state index contributed by atoms with van der Waals surface area (Å²) in [6.07, 6.45) is 2.35. The molecule has 6 heteroatoms. The Hall–Kier alpha value is -0.880. The summed E-state index contributed by atoms with van der Waals surface area (Å²) >= 11 is 6.73. The molecular formula is C10H9Br2N3O. The van der Waals surface area contributed by atoms with Gasteiger partial charge in [0.15, 0.2) is 11.6 Å². The van der Waals surface area contributed by atoms with Crippen molar-refractivity contribution in [1.29, 1.82) is 0 Å². The molecule has 0 radical (unpaired) electrons. The van der Waals surface area contributed by atoms with Crippen molar-refractivity contribution in [3.05, 3.63) is 27.0 Å². The Balaban J connectivity index is 2.59. The van der Waals surface area contributed by atoms with Crippen LogP contribution in [0.4, 0.5) is 5.82 Å². The molecule has 2 aromatic heterocycles. The fraction of sp³-hybridized carbons (Fsp3) is 0.200. The van der Waals surface area contributed by atoms with E-state index in [-0.39, 0.29) is 0 Å². The summed E-state index contributed by atoms with van der Waals surface area (Å²) in [5, 5.41) is 0. The molecule has 2 aromatic rings. The summed E-state index contributed by atoms with van der Waals surface area (Å²) < 4.78 is 6.87. The topological polar surface area (TPSA) is 64.9 Å². The predicted octanol–water partition coefficient (Wildman–Crippen LogP) is 3.41. The highest BCUT2D eigenvalue weighted by Gasteiger charge is 2.14. The number of rotatable bonds is 2. The third-order valence-electron chi connectivity index (χ3n) is 2.10. The smallest absolute Gasteiger partial charge is 0.199 e. The highest BCUT2D eigenvalue weighted by molar-refractivity contribution is 9.11. The van der Waals surface area contributed by atoms with Crippen LogP contribution in [0.2, 0.25) is 0 Å². The summed E-state index contributed by atoms with van der Waals surface area (Å²) in [7, 11) is 0. The zero-order chi connectivity index (χ0) is 11.7. The molecule has 0 unspecified atom stereocenters. The van der Waals surface area contributed by atoms with Crippen LogP contribution in [0.1, 0.15) is 12.6 Å². The van der Waals surface area contributed by atoms with Crippen molar-refractivity contribution in [2.24, 2.45) is 0 Å². The minimum absolute atomic E-state index is 0.421. The summed E-state index contributed by atoms with van der Waals surface area (Å²) in [6, 6.07) is 1.79. The van der Waals surface area contributed by atoms with Crippen LogP contribution in [-0.2, 0) is 6.42 Å². The lowest BCUT2D eigenvalue weighted by Crippen LogP contribution is -2.01. The second-order valence-electron chi connectivity index (χ2n) is 3.14. The van der Waals surface area contributed by atoms with Crippen LogP contribution < -0.4 is 5.73 Å². The molecule has 4 nitrogen and oxygen atoms in total. The highest BCUT2D eigenvalue weighted by Crippen LogP contribution is 2.30. The number of aromatic nitrogens is 2. The Kier molecular flexibility index (Phi) is 3.30. The van der Waals surface area contributed by atoms with Crippen molar-refractivity contribution >= 4 is 37.7 Å². The molecule has 0 atom stereocenters. The van der Waals surface area contributed by atoms with Gasteiger partial charge in [-0.1, -0.05) is 6.92 Å². The van der Waals surface area contributed by atoms with E-state index in [9.17, 15) is 0 Å². The number of halogens is 2. The molecule has 0 bridgehead atoms. The van der Waals surface area contributed by atoms with Gasteiger partial charge in [0.1, 0.15) is 5.82 Å². The Labute approximate surface area is 110 Å². The summed E-state index contributed by atoms with van der Waals surface area (Å²) in [5.41, 5.74) is 6.66. The monoisotopic (exact) mass is 345 g/mol. The van der Waals surface area contributed by atoms with Crippen LogP contribution >= 0.6 is 31.9 Å². The molecule has 16 heavy (non-hydrogen) atoms. The highest BCUT2D eigenvalue weighted by atomic mass is 79.9. The molecule has 2 heterocycles. The number of nitrogens with two attached hydrogens (primary N) is 1. The maximum absolute atomic E-state index is 5.80. The first-order valence-corrected chi connectivity index (χ1v) is 6.27. The first-order valence-electron chi connectivity index (χ1n) is 4.68. The van der Waals surface area contributed by atoms with Gasteiger partial charge in [0.2, 0.25) is 0 Å². The Morgan fingerprint density at radius 2 is 2.12 bits per heavy atom. The van der Waals surface area contributed by atoms with E-state index in [0.717, 1.165) is 21.1 Å². The molecule has 2 N–H and O–H groups in total. The number of furan rings is 1. The lowest BCUT2D eigenvalue weighted by atomic mass is 10.3. The fourth-order valence-electron chi connectivity index (χ4n) is 1.30. The van der Waals surface area contributed by atoms with Crippen molar-refractivity contribution in [2.75, 3.05) is 5.73 Å². The molecule has 2 rings (SSSR count). The molecular weight excluding hydrogens is 338 g/mol. The third-order valence-corrected chi connectivity index (χ3v) is 3.59. The minimum atomic E-state index is 0.421. The molecule has 0 fully saturated rings. The largest absolute Gasteiger partial charge is 0.460 e. The van der Waals surface area contributed by atoms with E-state index in [1.165, 1.54) is 0 Å². The van der Waals surface area contributed by atoms with Crippen LogP contribution in [0, 0.1) is 0 Å². The second kappa shape index (κ2) is 4.55. The van der Waals surface area contributed by atoms with Gasteiger partial charge in [-0.3, -0.25) is 0 Å². The number of nitrogen functional groups attached to an aromatic ring is 1. The van der Waals surface area contributed by atoms with E-state index in [2.05, 4.69) is 41.8 Å². The van der Waals surface area contributed by atoms with Crippen molar-refractivity contribution in [1.82, 2.24) is 9.97 Å². The summed E-state index contributed by atoms with van der Waals surface area (Å²) in [6.45, 7) is 2.01. The van der Waals surface area contributed by atoms with Gasteiger partial charge in [0.05, 0.1) is 20.9 Å². The standard InChI is InChI=1S/C10H9Br2N3O/c1-2-6-7(12)9(13)15-10(14-6)8-5(11)3-4-16-8/h3-4H,2H2,1H3,(H2,13,14,15). The maximum atomic E-state index is 5.80. The maximum Gasteiger partial charge on any atom is 0.199 e. The van der Waals surface area contributed by atoms with E-state index < -0.39 is 0 Å². The van der Waals surface area contributed by atoms with Crippen LogP contribution in [0.15, 0.2) is 25.7 Å². The van der Waals surface area contributed by atoms with E-state index in [1.54, 1.807) is 12.3 Å². The van der Waals surface area contributed by atoms with Gasteiger partial charge < -0.3 is 10.2 Å². The van der Waals surface area contributed by atoms with Crippen LogP contribution in [-0.4, -0.2) is 9.97 Å². The van der Waals surface area contributed by atoms with Gasteiger partial charge in [-0.2, -0.15) is 0 Å². The van der Waals surface area contributed by atoms with Gasteiger partial charge in [0, 0.05) is 0 Å². The SMILES string of the molecule is CCc1nc(-c2occc2Br)nc(N)c1Br. The second-order valence-corrected chi connectivity index (χ2v) is 4.79. The molecule has 0 saturated carbocycles. The van der Waals surface area contributed by atoms with Crippen molar-refractivity contribution < 1.29 is 4.42 Å². The molecule has 0 amide bonds. The molecule has 0 aliphatic rings. The van der Waals surface area contributed by atoms with Crippen molar-refractivity contribution in [2.45, 2.75) is 13.3 Å². The number of nitrogens with zero attached hydrogens (tertiary/aromatic N) is 2. The van der Waals surface area contributed by atoms with Crippen molar-refractivity contribution in [3.63, 3.8) is 0 Å². The molecule has 0 spiro atoms. The fourth-order valence-corrected chi connectivity index (χ4v) is 2.14. The first-order chi connectivity index (χ1) is 7.63. The van der Waals surface area contributed by atoms with E-state index in [0.29, 0.717) is 17.4 Å². The van der Waals surface area contributed by atoms with Crippen LogP contribution in [0.5, 0.6) is 0 Å². The summed E-state index contributed by atoms with van der Waals surface area (Å²) in [4.78, 5) is 8.57. The number of aryl methyl sites for hydroxylation is 1. The lowest BCUT2D eigenvalue weighted by molar-refractivity contribution is 0.575. The molecule has 84 valence electrons. The average Bonchev–Trinajstić information content (AvgIpc) is 2.68. The Morgan fingerprint density at radius 3 is 2.69 bits per heavy atom. The van der Waals surface area contributed by atoms with Crippen molar-refractivity contribution in [3.8, 4) is 11.6 Å². The van der Waals surface area contributed by atoms with Gasteiger partial charge in [-0.15, -0.1) is 0 Å². The van der Waals surface area contributed by atoms with E-state index >= 15 is 0 Å². The predicted molar refractivity (Wildman–Crippen MR) is 68.9 cm³/mol. The zero-order valence-electron chi connectivity index (χ0n) is 8.50. The number of hydrogen-bond donors (Lipinski definition) is 1. The number of anilines is 1. The average molecular weight is 347 g/mol. The quantitative estimate of drug-likeness (QED) is 0.904. The lowest BCUT2D eigenvalue weighted by Gasteiger charge is -2.05. The van der Waals surface area contributed by atoms with E-state index in [4.69, 9.17) is 10.2 Å². The Bertz CT molecular complexity index is 525.